The molecule has 0 aromatic heterocycles. The number of hydrogen-bond donors (Lipinski definition) is 1. The van der Waals surface area contributed by atoms with Gasteiger partial charge in [-0.15, -0.1) is 0 Å². The van der Waals surface area contributed by atoms with Crippen LogP contribution in [0.5, 0.6) is 0 Å². The second kappa shape index (κ2) is 4.11. The Morgan fingerprint density at radius 3 is 2.53 bits per heavy atom. The van der Waals surface area contributed by atoms with E-state index in [0.717, 1.165) is 13.1 Å². The molecule has 1 aromatic carbocycles. The number of hydrogen-bond acceptors (Lipinski definition) is 2. The molecule has 1 aromatic rings. The number of rotatable bonds is 2. The van der Waals surface area contributed by atoms with Gasteiger partial charge in [0.2, 0.25) is 0 Å². The Morgan fingerprint density at radius 2 is 2.00 bits per heavy atom. The van der Waals surface area contributed by atoms with Gasteiger partial charge >= 0.3 is 0 Å². The van der Waals surface area contributed by atoms with Gasteiger partial charge in [-0.1, -0.05) is 6.92 Å². The fourth-order valence-corrected chi connectivity index (χ4v) is 1.99. The maximum absolute atomic E-state index is 12.7. The molecule has 0 aliphatic carbocycles. The summed E-state index contributed by atoms with van der Waals surface area (Å²) in [4.78, 5) is 12.0. The molecule has 1 heterocycles. The molecule has 0 amide bonds. The lowest BCUT2D eigenvalue weighted by atomic mass is 9.90. The van der Waals surface area contributed by atoms with Crippen LogP contribution >= 0.6 is 0 Å². The van der Waals surface area contributed by atoms with E-state index in [0.29, 0.717) is 11.5 Å². The summed E-state index contributed by atoms with van der Waals surface area (Å²) in [6, 6.07) is 5.78. The molecular formula is C12H14FNO. The van der Waals surface area contributed by atoms with Crippen LogP contribution in [0.4, 0.5) is 4.39 Å². The highest BCUT2D eigenvalue weighted by atomic mass is 19.1. The van der Waals surface area contributed by atoms with Gasteiger partial charge < -0.3 is 5.32 Å². The summed E-state index contributed by atoms with van der Waals surface area (Å²) in [5, 5.41) is 3.19. The summed E-state index contributed by atoms with van der Waals surface area (Å²) in [6.45, 7) is 3.68. The Labute approximate surface area is 88.5 Å². The van der Waals surface area contributed by atoms with Crippen molar-refractivity contribution in [1.82, 2.24) is 5.32 Å². The third kappa shape index (κ3) is 2.07. The van der Waals surface area contributed by atoms with Crippen molar-refractivity contribution in [2.24, 2.45) is 11.8 Å². The maximum atomic E-state index is 12.7. The van der Waals surface area contributed by atoms with Crippen molar-refractivity contribution in [3.8, 4) is 0 Å². The van der Waals surface area contributed by atoms with Gasteiger partial charge in [0, 0.05) is 18.0 Å². The first-order chi connectivity index (χ1) is 7.18. The zero-order valence-electron chi connectivity index (χ0n) is 8.66. The van der Waals surface area contributed by atoms with Crippen LogP contribution in [0.2, 0.25) is 0 Å². The van der Waals surface area contributed by atoms with E-state index >= 15 is 0 Å². The minimum absolute atomic E-state index is 0.0375. The zero-order valence-corrected chi connectivity index (χ0v) is 8.66. The van der Waals surface area contributed by atoms with Gasteiger partial charge in [0.1, 0.15) is 5.82 Å². The minimum Gasteiger partial charge on any atom is -0.316 e. The Hall–Kier alpha value is -1.22. The van der Waals surface area contributed by atoms with E-state index in [2.05, 4.69) is 12.2 Å². The van der Waals surface area contributed by atoms with E-state index < -0.39 is 0 Å². The summed E-state index contributed by atoms with van der Waals surface area (Å²) in [5.74, 6) is 0.217. The van der Waals surface area contributed by atoms with E-state index in [9.17, 15) is 9.18 Å². The molecule has 0 saturated carbocycles. The fourth-order valence-electron chi connectivity index (χ4n) is 1.99. The smallest absolute Gasteiger partial charge is 0.167 e. The van der Waals surface area contributed by atoms with E-state index in [1.807, 2.05) is 0 Å². The number of halogens is 1. The fraction of sp³-hybridized carbons (Fsp3) is 0.417. The van der Waals surface area contributed by atoms with Crippen molar-refractivity contribution in [2.45, 2.75) is 6.92 Å². The molecule has 0 radical (unpaired) electrons. The van der Waals surface area contributed by atoms with Crippen LogP contribution < -0.4 is 5.32 Å². The molecule has 1 fully saturated rings. The first-order valence-corrected chi connectivity index (χ1v) is 5.19. The van der Waals surface area contributed by atoms with E-state index in [1.165, 1.54) is 12.1 Å². The van der Waals surface area contributed by atoms with Crippen molar-refractivity contribution in [1.29, 1.82) is 0 Å². The van der Waals surface area contributed by atoms with Gasteiger partial charge in [0.05, 0.1) is 0 Å². The first-order valence-electron chi connectivity index (χ1n) is 5.19. The molecule has 1 unspecified atom stereocenters. The average Bonchev–Trinajstić information content (AvgIpc) is 2.65. The number of benzene rings is 1. The molecule has 1 aliphatic heterocycles. The molecular weight excluding hydrogens is 193 g/mol. The molecule has 1 saturated heterocycles. The van der Waals surface area contributed by atoms with Crippen molar-refractivity contribution < 1.29 is 9.18 Å². The highest BCUT2D eigenvalue weighted by Crippen LogP contribution is 2.21. The summed E-state index contributed by atoms with van der Waals surface area (Å²) in [6.07, 6.45) is 0. The topological polar surface area (TPSA) is 29.1 Å². The largest absolute Gasteiger partial charge is 0.316 e. The molecule has 0 bridgehead atoms. The number of ketones is 1. The Bertz CT molecular complexity index is 360. The van der Waals surface area contributed by atoms with Gasteiger partial charge in [-0.2, -0.15) is 0 Å². The normalized spacial score (nSPS) is 25.5. The lowest BCUT2D eigenvalue weighted by Crippen LogP contribution is -2.21. The van der Waals surface area contributed by atoms with Crippen molar-refractivity contribution >= 4 is 5.78 Å². The maximum Gasteiger partial charge on any atom is 0.167 e. The molecule has 1 aliphatic rings. The van der Waals surface area contributed by atoms with Crippen LogP contribution in [0.25, 0.3) is 0 Å². The number of Topliss-reactive ketones (excluding diaryl/α,β-unsaturated/α-hetero) is 1. The highest BCUT2D eigenvalue weighted by Gasteiger charge is 2.29. The molecule has 1 N–H and O–H groups in total. The van der Waals surface area contributed by atoms with Crippen LogP contribution in [0, 0.1) is 17.7 Å². The zero-order chi connectivity index (χ0) is 10.8. The van der Waals surface area contributed by atoms with Gasteiger partial charge in [-0.05, 0) is 36.7 Å². The van der Waals surface area contributed by atoms with Crippen molar-refractivity contribution in [2.75, 3.05) is 13.1 Å². The van der Waals surface area contributed by atoms with E-state index in [1.54, 1.807) is 12.1 Å². The standard InChI is InChI=1S/C12H14FNO/c1-8-6-14-7-11(8)12(15)9-2-4-10(13)5-3-9/h2-5,8,11,14H,6-7H2,1H3/t8-,11?/m0/s1. The van der Waals surface area contributed by atoms with Crippen LogP contribution in [-0.2, 0) is 0 Å². The Kier molecular flexibility index (Phi) is 2.82. The Morgan fingerprint density at radius 1 is 1.33 bits per heavy atom. The highest BCUT2D eigenvalue weighted by molar-refractivity contribution is 5.98. The van der Waals surface area contributed by atoms with Crippen LogP contribution in [0.3, 0.4) is 0 Å². The lowest BCUT2D eigenvalue weighted by molar-refractivity contribution is 0.0907. The average molecular weight is 207 g/mol. The van der Waals surface area contributed by atoms with Gasteiger partial charge in [0.25, 0.3) is 0 Å². The molecule has 0 spiro atoms. The summed E-state index contributed by atoms with van der Waals surface area (Å²) < 4.78 is 12.7. The van der Waals surface area contributed by atoms with Crippen LogP contribution in [-0.4, -0.2) is 18.9 Å². The lowest BCUT2D eigenvalue weighted by Gasteiger charge is -2.12. The molecule has 2 nitrogen and oxygen atoms in total. The van der Waals surface area contributed by atoms with Crippen molar-refractivity contribution in [3.05, 3.63) is 35.6 Å². The van der Waals surface area contributed by atoms with Crippen molar-refractivity contribution in [3.63, 3.8) is 0 Å². The Balaban J connectivity index is 2.17. The summed E-state index contributed by atoms with van der Waals surface area (Å²) in [5.41, 5.74) is 0.608. The number of nitrogens with one attached hydrogen (secondary N) is 1. The summed E-state index contributed by atoms with van der Waals surface area (Å²) >= 11 is 0. The van der Waals surface area contributed by atoms with Crippen LogP contribution in [0.1, 0.15) is 17.3 Å². The van der Waals surface area contributed by atoms with Crippen LogP contribution in [0.15, 0.2) is 24.3 Å². The van der Waals surface area contributed by atoms with Gasteiger partial charge in [-0.3, -0.25) is 4.79 Å². The van der Waals surface area contributed by atoms with Gasteiger partial charge in [0.15, 0.2) is 5.78 Å². The molecule has 2 rings (SSSR count). The summed E-state index contributed by atoms with van der Waals surface area (Å²) in [7, 11) is 0. The second-order valence-corrected chi connectivity index (χ2v) is 4.11. The quantitative estimate of drug-likeness (QED) is 0.750. The first kappa shape index (κ1) is 10.3. The van der Waals surface area contributed by atoms with Gasteiger partial charge in [-0.25, -0.2) is 4.39 Å². The van der Waals surface area contributed by atoms with E-state index in [-0.39, 0.29) is 17.5 Å². The minimum atomic E-state index is -0.302. The number of carbonyl (C=O) groups is 1. The predicted octanol–water partition coefficient (Wildman–Crippen LogP) is 1.86. The number of carbonyl (C=O) groups excluding carboxylic acids is 1. The second-order valence-electron chi connectivity index (χ2n) is 4.11. The monoisotopic (exact) mass is 207 g/mol. The van der Waals surface area contributed by atoms with E-state index in [4.69, 9.17) is 0 Å². The third-order valence-electron chi connectivity index (χ3n) is 2.98. The molecule has 2 atom stereocenters. The SMILES string of the molecule is C[C@H]1CNCC1C(=O)c1ccc(F)cc1. The predicted molar refractivity (Wildman–Crippen MR) is 56.3 cm³/mol. The molecule has 3 heteroatoms. The molecule has 15 heavy (non-hydrogen) atoms. The third-order valence-corrected chi connectivity index (χ3v) is 2.98. The molecule has 80 valence electrons.